The monoisotopic (exact) mass is 246 g/mol. The van der Waals surface area contributed by atoms with Crippen LogP contribution in [0, 0.1) is 5.92 Å². The zero-order chi connectivity index (χ0) is 13.5. The second-order valence-electron chi connectivity index (χ2n) is 4.85. The second kappa shape index (κ2) is 7.50. The molecule has 0 saturated heterocycles. The smallest absolute Gasteiger partial charge is 0.315 e. The second-order valence-corrected chi connectivity index (χ2v) is 4.85. The first kappa shape index (κ1) is 16.2. The number of rotatable bonds is 7. The van der Waals surface area contributed by atoms with Gasteiger partial charge in [-0.25, -0.2) is 4.79 Å². The molecular formula is C12H26N2O3. The topological polar surface area (TPSA) is 70.6 Å². The van der Waals surface area contributed by atoms with Crippen LogP contribution in [-0.4, -0.2) is 43.0 Å². The molecule has 0 aliphatic carbocycles. The Morgan fingerprint density at radius 3 is 2.53 bits per heavy atom. The Morgan fingerprint density at radius 2 is 2.06 bits per heavy atom. The Bertz CT molecular complexity index is 232. The molecule has 102 valence electrons. The molecule has 3 unspecified atom stereocenters. The van der Waals surface area contributed by atoms with Gasteiger partial charge in [-0.1, -0.05) is 20.3 Å². The standard InChI is InChI=1S/C12H26N2O3/c1-6-9(2)12(4,16)8-13-11(15)14-10(3)7-17-5/h9-10,16H,6-8H2,1-5H3,(H2,13,14,15). The summed E-state index contributed by atoms with van der Waals surface area (Å²) in [5.41, 5.74) is -0.878. The fraction of sp³-hybridized carbons (Fsp3) is 0.917. The highest BCUT2D eigenvalue weighted by Crippen LogP contribution is 2.18. The molecule has 0 bridgehead atoms. The summed E-state index contributed by atoms with van der Waals surface area (Å²) in [5.74, 6) is 0.138. The average Bonchev–Trinajstić information content (AvgIpc) is 2.25. The van der Waals surface area contributed by atoms with Crippen LogP contribution >= 0.6 is 0 Å². The molecule has 0 aliphatic rings. The molecule has 5 heteroatoms. The minimum Gasteiger partial charge on any atom is -0.388 e. The highest BCUT2D eigenvalue weighted by molar-refractivity contribution is 5.74. The number of aliphatic hydroxyl groups is 1. The van der Waals surface area contributed by atoms with Gasteiger partial charge in [-0.15, -0.1) is 0 Å². The average molecular weight is 246 g/mol. The number of urea groups is 1. The quantitative estimate of drug-likeness (QED) is 0.630. The van der Waals surface area contributed by atoms with Crippen LogP contribution in [0.3, 0.4) is 0 Å². The first-order valence-corrected chi connectivity index (χ1v) is 6.09. The molecule has 0 aromatic heterocycles. The van der Waals surface area contributed by atoms with E-state index in [4.69, 9.17) is 4.74 Å². The molecule has 0 aliphatic heterocycles. The molecule has 0 fully saturated rings. The molecule has 5 nitrogen and oxygen atoms in total. The molecule has 2 amide bonds. The summed E-state index contributed by atoms with van der Waals surface area (Å²) in [6.45, 7) is 8.28. The molecule has 0 saturated carbocycles. The molecule has 0 aromatic carbocycles. The van der Waals surface area contributed by atoms with Gasteiger partial charge in [-0.05, 0) is 19.8 Å². The number of carbonyl (C=O) groups is 1. The van der Waals surface area contributed by atoms with Gasteiger partial charge in [0.05, 0.1) is 18.2 Å². The summed E-state index contributed by atoms with van der Waals surface area (Å²) < 4.78 is 4.91. The van der Waals surface area contributed by atoms with Crippen molar-refractivity contribution in [3.05, 3.63) is 0 Å². The number of hydrogen-bond acceptors (Lipinski definition) is 3. The van der Waals surface area contributed by atoms with Gasteiger partial charge in [0.1, 0.15) is 0 Å². The van der Waals surface area contributed by atoms with Gasteiger partial charge >= 0.3 is 6.03 Å². The van der Waals surface area contributed by atoms with E-state index in [9.17, 15) is 9.90 Å². The van der Waals surface area contributed by atoms with Crippen molar-refractivity contribution >= 4 is 6.03 Å². The number of nitrogens with one attached hydrogen (secondary N) is 2. The van der Waals surface area contributed by atoms with E-state index in [-0.39, 0.29) is 24.5 Å². The SMILES string of the molecule is CCC(C)C(C)(O)CNC(=O)NC(C)COC. The van der Waals surface area contributed by atoms with Crippen LogP contribution in [0.4, 0.5) is 4.79 Å². The molecule has 0 heterocycles. The molecule has 0 radical (unpaired) electrons. The van der Waals surface area contributed by atoms with Crippen LogP contribution in [-0.2, 0) is 4.74 Å². The van der Waals surface area contributed by atoms with Crippen molar-refractivity contribution in [2.45, 2.75) is 45.8 Å². The van der Waals surface area contributed by atoms with Crippen molar-refractivity contribution < 1.29 is 14.6 Å². The van der Waals surface area contributed by atoms with Crippen molar-refractivity contribution in [1.29, 1.82) is 0 Å². The summed E-state index contributed by atoms with van der Waals surface area (Å²) in [4.78, 5) is 11.5. The third-order valence-electron chi connectivity index (χ3n) is 3.08. The molecule has 3 N–H and O–H groups in total. The molecule has 0 aromatic rings. The van der Waals surface area contributed by atoms with Crippen LogP contribution in [0.5, 0.6) is 0 Å². The highest BCUT2D eigenvalue weighted by atomic mass is 16.5. The number of ether oxygens (including phenoxy) is 1. The number of hydrogen-bond donors (Lipinski definition) is 3. The van der Waals surface area contributed by atoms with Crippen LogP contribution in [0.15, 0.2) is 0 Å². The van der Waals surface area contributed by atoms with Gasteiger partial charge in [0, 0.05) is 13.7 Å². The lowest BCUT2D eigenvalue weighted by Gasteiger charge is -2.30. The Morgan fingerprint density at radius 1 is 1.47 bits per heavy atom. The minimum atomic E-state index is -0.878. The molecule has 0 spiro atoms. The molecule has 3 atom stereocenters. The lowest BCUT2D eigenvalue weighted by atomic mass is 9.89. The van der Waals surface area contributed by atoms with E-state index in [0.717, 1.165) is 6.42 Å². The van der Waals surface area contributed by atoms with Crippen LogP contribution in [0.1, 0.15) is 34.1 Å². The van der Waals surface area contributed by atoms with E-state index in [1.165, 1.54) is 0 Å². The Hall–Kier alpha value is -0.810. The first-order valence-electron chi connectivity index (χ1n) is 6.09. The number of amides is 2. The summed E-state index contributed by atoms with van der Waals surface area (Å²) in [6.07, 6.45) is 0.871. The summed E-state index contributed by atoms with van der Waals surface area (Å²) in [5, 5.41) is 15.5. The van der Waals surface area contributed by atoms with Crippen molar-refractivity contribution in [3.8, 4) is 0 Å². The Labute approximate surface area is 104 Å². The van der Waals surface area contributed by atoms with Crippen molar-refractivity contribution in [2.24, 2.45) is 5.92 Å². The van der Waals surface area contributed by atoms with Crippen molar-refractivity contribution in [2.75, 3.05) is 20.3 Å². The zero-order valence-electron chi connectivity index (χ0n) is 11.5. The lowest BCUT2D eigenvalue weighted by Crippen LogP contribution is -2.50. The zero-order valence-corrected chi connectivity index (χ0v) is 11.5. The van der Waals surface area contributed by atoms with Gasteiger partial charge in [-0.3, -0.25) is 0 Å². The highest BCUT2D eigenvalue weighted by Gasteiger charge is 2.27. The Balaban J connectivity index is 3.98. The fourth-order valence-corrected chi connectivity index (χ4v) is 1.44. The van der Waals surface area contributed by atoms with Crippen molar-refractivity contribution in [3.63, 3.8) is 0 Å². The third-order valence-corrected chi connectivity index (χ3v) is 3.08. The van der Waals surface area contributed by atoms with E-state index in [2.05, 4.69) is 10.6 Å². The maximum absolute atomic E-state index is 11.5. The maximum Gasteiger partial charge on any atom is 0.315 e. The molecule has 17 heavy (non-hydrogen) atoms. The fourth-order valence-electron chi connectivity index (χ4n) is 1.44. The number of methoxy groups -OCH3 is 1. The van der Waals surface area contributed by atoms with Gasteiger partial charge < -0.3 is 20.5 Å². The first-order chi connectivity index (χ1) is 7.83. The van der Waals surface area contributed by atoms with Gasteiger partial charge in [-0.2, -0.15) is 0 Å². The largest absolute Gasteiger partial charge is 0.388 e. The van der Waals surface area contributed by atoms with Crippen LogP contribution in [0.2, 0.25) is 0 Å². The van der Waals surface area contributed by atoms with Crippen LogP contribution < -0.4 is 10.6 Å². The minimum absolute atomic E-state index is 0.0476. The van der Waals surface area contributed by atoms with Crippen LogP contribution in [0.25, 0.3) is 0 Å². The van der Waals surface area contributed by atoms with Gasteiger partial charge in [0.25, 0.3) is 0 Å². The van der Waals surface area contributed by atoms with E-state index >= 15 is 0 Å². The summed E-state index contributed by atoms with van der Waals surface area (Å²) in [6, 6.07) is -0.327. The predicted octanol–water partition coefficient (Wildman–Crippen LogP) is 1.12. The van der Waals surface area contributed by atoms with E-state index < -0.39 is 5.60 Å². The predicted molar refractivity (Wildman–Crippen MR) is 68.0 cm³/mol. The van der Waals surface area contributed by atoms with Gasteiger partial charge in [0.15, 0.2) is 0 Å². The van der Waals surface area contributed by atoms with E-state index in [1.807, 2.05) is 20.8 Å². The normalized spacial score (nSPS) is 18.0. The van der Waals surface area contributed by atoms with E-state index in [1.54, 1.807) is 14.0 Å². The number of carbonyl (C=O) groups excluding carboxylic acids is 1. The summed E-state index contributed by atoms with van der Waals surface area (Å²) in [7, 11) is 1.59. The lowest BCUT2D eigenvalue weighted by molar-refractivity contribution is 0.00778. The van der Waals surface area contributed by atoms with Gasteiger partial charge in [0.2, 0.25) is 0 Å². The maximum atomic E-state index is 11.5. The summed E-state index contributed by atoms with van der Waals surface area (Å²) >= 11 is 0. The van der Waals surface area contributed by atoms with Crippen molar-refractivity contribution in [1.82, 2.24) is 10.6 Å². The molecular weight excluding hydrogens is 220 g/mol. The molecule has 0 rings (SSSR count). The Kier molecular flexibility index (Phi) is 7.15. The third kappa shape index (κ3) is 6.48. The van der Waals surface area contributed by atoms with E-state index in [0.29, 0.717) is 6.61 Å².